The molecule has 1 atom stereocenters. The molecule has 1 saturated heterocycles. The largest absolute Gasteiger partial charge is 0.383 e. The molecule has 4 N–H and O–H groups in total. The van der Waals surface area contributed by atoms with Crippen molar-refractivity contribution >= 4 is 91.0 Å². The van der Waals surface area contributed by atoms with Gasteiger partial charge in [-0.2, -0.15) is 5.26 Å². The SMILES string of the molecule is N#CC1=C(NCCC(=O)CCCCC(=O)NCCOCCOCCNc2cccc3c2C(=O)N(C2CCC(=O)NC2=O)C3=O)c2ccc(Sc3ccc(Br)cc3)c3cccc(c23)C1=O. The van der Waals surface area contributed by atoms with Gasteiger partial charge in [-0.15, -0.1) is 0 Å². The highest BCUT2D eigenvalue weighted by Gasteiger charge is 2.45. The first-order valence-corrected chi connectivity index (χ1v) is 22.6. The van der Waals surface area contributed by atoms with Crippen LogP contribution in [0, 0.1) is 11.3 Å². The summed E-state index contributed by atoms with van der Waals surface area (Å²) in [6.45, 7) is 2.06. The van der Waals surface area contributed by atoms with Crippen molar-refractivity contribution in [3.63, 3.8) is 0 Å². The number of unbranched alkanes of at least 4 members (excludes halogenated alkanes) is 1. The molecule has 0 aromatic heterocycles. The second-order valence-corrected chi connectivity index (χ2v) is 17.2. The number of amides is 5. The first-order valence-electron chi connectivity index (χ1n) is 21.0. The molecule has 0 radical (unpaired) electrons. The van der Waals surface area contributed by atoms with Gasteiger partial charge in [0.2, 0.25) is 23.5 Å². The van der Waals surface area contributed by atoms with E-state index in [9.17, 15) is 38.8 Å². The van der Waals surface area contributed by atoms with Crippen LogP contribution in [0.3, 0.4) is 0 Å². The lowest BCUT2D eigenvalue weighted by molar-refractivity contribution is -0.136. The molecule has 17 heteroatoms. The molecule has 3 aliphatic rings. The number of piperidine rings is 1. The fourth-order valence-electron chi connectivity index (χ4n) is 7.82. The summed E-state index contributed by atoms with van der Waals surface area (Å²) in [5, 5.41) is 23.0. The Bertz CT molecular complexity index is 2590. The van der Waals surface area contributed by atoms with E-state index in [1.54, 1.807) is 30.0 Å². The zero-order valence-electron chi connectivity index (χ0n) is 34.8. The highest BCUT2D eigenvalue weighted by molar-refractivity contribution is 9.10. The van der Waals surface area contributed by atoms with Gasteiger partial charge in [0, 0.05) is 81.8 Å². The van der Waals surface area contributed by atoms with Crippen LogP contribution in [-0.2, 0) is 28.7 Å². The number of nitrogens with one attached hydrogen (secondary N) is 4. The first-order chi connectivity index (χ1) is 31.0. The molecule has 1 fully saturated rings. The van der Waals surface area contributed by atoms with Crippen LogP contribution in [-0.4, -0.2) is 98.1 Å². The van der Waals surface area contributed by atoms with E-state index in [4.69, 9.17) is 9.47 Å². The molecule has 2 aliphatic heterocycles. The van der Waals surface area contributed by atoms with E-state index in [0.29, 0.717) is 62.5 Å². The van der Waals surface area contributed by atoms with Gasteiger partial charge in [-0.1, -0.05) is 58.0 Å². The number of fused-ring (bicyclic) bond motifs is 1. The molecule has 2 heterocycles. The van der Waals surface area contributed by atoms with E-state index in [0.717, 1.165) is 35.5 Å². The molecule has 7 rings (SSSR count). The minimum absolute atomic E-state index is 0.0147. The van der Waals surface area contributed by atoms with Gasteiger partial charge < -0.3 is 25.4 Å². The Balaban J connectivity index is 0.745. The van der Waals surface area contributed by atoms with Crippen LogP contribution >= 0.6 is 27.7 Å². The standard InChI is InChI=1S/C47H45BrN6O9S/c48-28-11-13-30(14-12-28)64-38-17-15-32-41-31(38)6-3-7-33(41)44(58)35(27-49)43(32)52-20-19-29(55)5-1-2-10-39(56)51-22-24-63-26-25-62-23-21-50-36-9-4-8-34-42(36)47(61)54(46(34)60)37-16-18-40(57)53-45(37)59/h3-4,6-9,11-15,17,37,50,52H,1-2,5,10,16,18-26H2,(H,51,56)(H,53,57,59). The van der Waals surface area contributed by atoms with E-state index < -0.39 is 29.7 Å². The van der Waals surface area contributed by atoms with Crippen LogP contribution in [0.15, 0.2) is 92.6 Å². The van der Waals surface area contributed by atoms with Crippen molar-refractivity contribution in [1.29, 1.82) is 5.26 Å². The predicted octanol–water partition coefficient (Wildman–Crippen LogP) is 5.96. The van der Waals surface area contributed by atoms with Crippen molar-refractivity contribution in [3.05, 3.63) is 105 Å². The Hall–Kier alpha value is -6.19. The number of nitriles is 1. The number of nitrogens with zero attached hydrogens (tertiary/aromatic N) is 2. The fraction of sp³-hybridized carbons (Fsp3) is 0.319. The summed E-state index contributed by atoms with van der Waals surface area (Å²) in [7, 11) is 0. The van der Waals surface area contributed by atoms with Gasteiger partial charge in [0.05, 0.1) is 43.3 Å². The molecule has 5 amide bonds. The van der Waals surface area contributed by atoms with Gasteiger partial charge in [0.1, 0.15) is 23.5 Å². The summed E-state index contributed by atoms with van der Waals surface area (Å²) in [4.78, 5) is 91.7. The molecule has 1 unspecified atom stereocenters. The highest BCUT2D eigenvalue weighted by atomic mass is 79.9. The number of rotatable bonds is 22. The van der Waals surface area contributed by atoms with Crippen molar-refractivity contribution in [2.24, 2.45) is 0 Å². The summed E-state index contributed by atoms with van der Waals surface area (Å²) in [6, 6.07) is 23.3. The number of anilines is 1. The van der Waals surface area contributed by atoms with E-state index in [1.807, 2.05) is 48.5 Å². The highest BCUT2D eigenvalue weighted by Crippen LogP contribution is 2.41. The number of ether oxygens (including phenoxy) is 2. The third-order valence-electron chi connectivity index (χ3n) is 10.9. The normalized spacial score (nSPS) is 15.6. The second-order valence-electron chi connectivity index (χ2n) is 15.2. The van der Waals surface area contributed by atoms with Crippen LogP contribution < -0.4 is 21.3 Å². The Labute approximate surface area is 381 Å². The van der Waals surface area contributed by atoms with Crippen molar-refractivity contribution in [2.45, 2.75) is 60.8 Å². The Morgan fingerprint density at radius 3 is 2.30 bits per heavy atom. The lowest BCUT2D eigenvalue weighted by Crippen LogP contribution is -2.54. The maximum absolute atomic E-state index is 13.5. The van der Waals surface area contributed by atoms with Gasteiger partial charge in [-0.05, 0) is 67.1 Å². The lowest BCUT2D eigenvalue weighted by Gasteiger charge is -2.27. The quantitative estimate of drug-likeness (QED) is 0.0530. The van der Waals surface area contributed by atoms with Crippen LogP contribution in [0.5, 0.6) is 0 Å². The van der Waals surface area contributed by atoms with E-state index in [2.05, 4.69) is 43.3 Å². The Kier molecular flexibility index (Phi) is 15.4. The van der Waals surface area contributed by atoms with Gasteiger partial charge in [0.15, 0.2) is 0 Å². The summed E-state index contributed by atoms with van der Waals surface area (Å²) in [6.07, 6.45) is 1.99. The predicted molar refractivity (Wildman–Crippen MR) is 241 cm³/mol. The van der Waals surface area contributed by atoms with Crippen molar-refractivity contribution < 1.29 is 43.0 Å². The number of carbonyl (C=O) groups excluding carboxylic acids is 7. The molecule has 0 spiro atoms. The van der Waals surface area contributed by atoms with Gasteiger partial charge in [-0.3, -0.25) is 43.8 Å². The minimum atomic E-state index is -1.04. The number of carbonyl (C=O) groups is 7. The maximum Gasteiger partial charge on any atom is 0.264 e. The van der Waals surface area contributed by atoms with Gasteiger partial charge >= 0.3 is 0 Å². The topological polar surface area (TPSA) is 213 Å². The molecule has 4 aromatic carbocycles. The number of halogens is 1. The number of hydrogen-bond donors (Lipinski definition) is 4. The number of imide groups is 2. The van der Waals surface area contributed by atoms with E-state index in [-0.39, 0.29) is 79.6 Å². The summed E-state index contributed by atoms with van der Waals surface area (Å²) >= 11 is 5.07. The molecule has 330 valence electrons. The maximum atomic E-state index is 13.5. The molecular weight excluding hydrogens is 905 g/mol. The zero-order valence-corrected chi connectivity index (χ0v) is 37.2. The number of ketones is 2. The Morgan fingerprint density at radius 2 is 1.53 bits per heavy atom. The average molecular weight is 950 g/mol. The van der Waals surface area contributed by atoms with E-state index in [1.165, 1.54) is 6.07 Å². The third kappa shape index (κ3) is 10.6. The monoisotopic (exact) mass is 948 g/mol. The van der Waals surface area contributed by atoms with Crippen LogP contribution in [0.2, 0.25) is 0 Å². The van der Waals surface area contributed by atoms with Gasteiger partial charge in [-0.25, -0.2) is 0 Å². The first kappa shape index (κ1) is 45.8. The third-order valence-corrected chi connectivity index (χ3v) is 12.5. The van der Waals surface area contributed by atoms with Crippen LogP contribution in [0.25, 0.3) is 16.5 Å². The fourth-order valence-corrected chi connectivity index (χ4v) is 9.03. The van der Waals surface area contributed by atoms with Crippen LogP contribution in [0.1, 0.15) is 81.6 Å². The zero-order chi connectivity index (χ0) is 45.2. The molecular formula is C47H45BrN6O9S. The molecule has 64 heavy (non-hydrogen) atoms. The molecule has 0 saturated carbocycles. The number of Topliss-reactive ketones (excluding diaryl/α,β-unsaturated/α-hetero) is 2. The molecule has 0 bridgehead atoms. The summed E-state index contributed by atoms with van der Waals surface area (Å²) in [5.41, 5.74) is 2.49. The molecule has 1 aliphatic carbocycles. The smallest absolute Gasteiger partial charge is 0.264 e. The molecule has 15 nitrogen and oxygen atoms in total. The number of hydrogen-bond acceptors (Lipinski definition) is 13. The molecule has 4 aromatic rings. The van der Waals surface area contributed by atoms with Crippen molar-refractivity contribution in [1.82, 2.24) is 20.9 Å². The Morgan fingerprint density at radius 1 is 0.797 bits per heavy atom. The van der Waals surface area contributed by atoms with E-state index >= 15 is 0 Å². The summed E-state index contributed by atoms with van der Waals surface area (Å²) in [5.74, 6) is -2.74. The minimum Gasteiger partial charge on any atom is -0.383 e. The number of benzene rings is 4. The van der Waals surface area contributed by atoms with Crippen molar-refractivity contribution in [2.75, 3.05) is 51.4 Å². The summed E-state index contributed by atoms with van der Waals surface area (Å²) < 4.78 is 12.1. The van der Waals surface area contributed by atoms with Crippen molar-refractivity contribution in [3.8, 4) is 6.07 Å². The second kappa shape index (κ2) is 21.5. The lowest BCUT2D eigenvalue weighted by atomic mass is 9.86. The van der Waals surface area contributed by atoms with Crippen LogP contribution in [0.4, 0.5) is 5.69 Å². The average Bonchev–Trinajstić information content (AvgIpc) is 3.54. The van der Waals surface area contributed by atoms with Gasteiger partial charge in [0.25, 0.3) is 11.8 Å². The number of allylic oxidation sites excluding steroid dienone is 1.